The predicted molar refractivity (Wildman–Crippen MR) is 97.7 cm³/mol. The Labute approximate surface area is 153 Å². The molecule has 0 radical (unpaired) electrons. The summed E-state index contributed by atoms with van der Waals surface area (Å²) >= 11 is 5.89. The van der Waals surface area contributed by atoms with Crippen LogP contribution in [-0.4, -0.2) is 39.3 Å². The fourth-order valence-electron chi connectivity index (χ4n) is 3.21. The van der Waals surface area contributed by atoms with Crippen LogP contribution in [0.25, 0.3) is 0 Å². The Morgan fingerprint density at radius 1 is 1.28 bits per heavy atom. The Morgan fingerprint density at radius 3 is 2.56 bits per heavy atom. The first-order chi connectivity index (χ1) is 11.9. The zero-order valence-corrected chi connectivity index (χ0v) is 15.4. The molecule has 3 rings (SSSR count). The van der Waals surface area contributed by atoms with E-state index in [2.05, 4.69) is 5.10 Å². The number of carbonyl (C=O) groups is 1. The van der Waals surface area contributed by atoms with Gasteiger partial charge in [-0.1, -0.05) is 11.6 Å². The predicted octanol–water partition coefficient (Wildman–Crippen LogP) is 3.63. The van der Waals surface area contributed by atoms with Gasteiger partial charge in [-0.25, -0.2) is 0 Å². The summed E-state index contributed by atoms with van der Waals surface area (Å²) in [6.07, 6.45) is 5.77. The molecular formula is C19H24ClN3O2. The summed E-state index contributed by atoms with van der Waals surface area (Å²) in [5, 5.41) is 4.91. The van der Waals surface area contributed by atoms with Crippen LogP contribution in [0.15, 0.2) is 42.7 Å². The monoisotopic (exact) mass is 361 g/mol. The van der Waals surface area contributed by atoms with Crippen molar-refractivity contribution in [3.05, 3.63) is 47.7 Å². The number of carbonyl (C=O) groups excluding carboxylic acids is 1. The summed E-state index contributed by atoms with van der Waals surface area (Å²) in [7, 11) is 0. The molecule has 2 aromatic rings. The molecule has 6 heteroatoms. The van der Waals surface area contributed by atoms with Crippen molar-refractivity contribution in [3.63, 3.8) is 0 Å². The molecular weight excluding hydrogens is 338 g/mol. The number of nitrogens with zero attached hydrogens (tertiary/aromatic N) is 3. The number of hydrogen-bond donors (Lipinski definition) is 0. The number of hydrogen-bond acceptors (Lipinski definition) is 3. The van der Waals surface area contributed by atoms with E-state index < -0.39 is 5.60 Å². The molecule has 5 nitrogen and oxygen atoms in total. The highest BCUT2D eigenvalue weighted by Crippen LogP contribution is 2.25. The Kier molecular flexibility index (Phi) is 5.33. The average Bonchev–Trinajstić information content (AvgIpc) is 3.10. The van der Waals surface area contributed by atoms with Gasteiger partial charge in [0.1, 0.15) is 5.75 Å². The van der Waals surface area contributed by atoms with Gasteiger partial charge in [-0.2, -0.15) is 5.10 Å². The molecule has 0 atom stereocenters. The van der Waals surface area contributed by atoms with Crippen LogP contribution in [0, 0.1) is 5.92 Å². The smallest absolute Gasteiger partial charge is 0.266 e. The second-order valence-corrected chi connectivity index (χ2v) is 7.47. The van der Waals surface area contributed by atoms with Crippen molar-refractivity contribution < 1.29 is 9.53 Å². The van der Waals surface area contributed by atoms with Crippen molar-refractivity contribution in [1.29, 1.82) is 0 Å². The lowest BCUT2D eigenvalue weighted by Gasteiger charge is -2.37. The van der Waals surface area contributed by atoms with E-state index in [1.54, 1.807) is 30.5 Å². The summed E-state index contributed by atoms with van der Waals surface area (Å²) in [5.41, 5.74) is -0.900. The Balaban J connectivity index is 1.54. The van der Waals surface area contributed by atoms with Crippen LogP contribution in [0.4, 0.5) is 0 Å². The quantitative estimate of drug-likeness (QED) is 0.817. The summed E-state index contributed by atoms with van der Waals surface area (Å²) in [6, 6.07) is 9.03. The summed E-state index contributed by atoms with van der Waals surface area (Å²) in [6.45, 7) is 6.08. The van der Waals surface area contributed by atoms with Crippen LogP contribution in [-0.2, 0) is 11.3 Å². The number of likely N-dealkylation sites (tertiary alicyclic amines) is 1. The molecule has 0 aliphatic carbocycles. The number of benzene rings is 1. The van der Waals surface area contributed by atoms with Gasteiger partial charge >= 0.3 is 0 Å². The first-order valence-electron chi connectivity index (χ1n) is 8.65. The van der Waals surface area contributed by atoms with Gasteiger partial charge in [0.25, 0.3) is 5.91 Å². The maximum Gasteiger partial charge on any atom is 0.266 e. The highest BCUT2D eigenvalue weighted by Gasteiger charge is 2.36. The zero-order chi connectivity index (χ0) is 17.9. The van der Waals surface area contributed by atoms with Crippen LogP contribution in [0.1, 0.15) is 26.7 Å². The Morgan fingerprint density at radius 2 is 1.96 bits per heavy atom. The van der Waals surface area contributed by atoms with Gasteiger partial charge in [-0.05, 0) is 62.9 Å². The SMILES string of the molecule is CC(C)(Oc1ccc(Cl)cc1)C(=O)N1CCC(Cn2cccn2)CC1. The van der Waals surface area contributed by atoms with Crippen molar-refractivity contribution in [3.8, 4) is 5.75 Å². The van der Waals surface area contributed by atoms with Crippen molar-refractivity contribution in [2.45, 2.75) is 38.8 Å². The number of rotatable bonds is 5. The molecule has 0 saturated carbocycles. The van der Waals surface area contributed by atoms with E-state index in [9.17, 15) is 4.79 Å². The van der Waals surface area contributed by atoms with Crippen LogP contribution in [0.2, 0.25) is 5.02 Å². The summed E-state index contributed by atoms with van der Waals surface area (Å²) in [5.74, 6) is 1.24. The van der Waals surface area contributed by atoms with E-state index in [0.717, 1.165) is 32.5 Å². The van der Waals surface area contributed by atoms with Crippen molar-refractivity contribution >= 4 is 17.5 Å². The third kappa shape index (κ3) is 4.54. The molecule has 0 bridgehead atoms. The van der Waals surface area contributed by atoms with E-state index in [4.69, 9.17) is 16.3 Å². The number of amides is 1. The van der Waals surface area contributed by atoms with Gasteiger partial charge in [0.15, 0.2) is 5.60 Å². The lowest BCUT2D eigenvalue weighted by Crippen LogP contribution is -2.51. The van der Waals surface area contributed by atoms with E-state index in [-0.39, 0.29) is 5.91 Å². The Hall–Kier alpha value is -2.01. The minimum absolute atomic E-state index is 0.0278. The third-order valence-corrected chi connectivity index (χ3v) is 4.86. The number of halogens is 1. The highest BCUT2D eigenvalue weighted by molar-refractivity contribution is 6.30. The number of piperidine rings is 1. The normalized spacial score (nSPS) is 16.0. The number of aromatic nitrogens is 2. The zero-order valence-electron chi connectivity index (χ0n) is 14.7. The molecule has 0 unspecified atom stereocenters. The standard InChI is InChI=1S/C19H24ClN3O2/c1-19(2,25-17-6-4-16(20)5-7-17)18(24)22-12-8-15(9-13-22)14-23-11-3-10-21-23/h3-7,10-11,15H,8-9,12-14H2,1-2H3. The van der Waals surface area contributed by atoms with Crippen LogP contribution in [0.5, 0.6) is 5.75 Å². The molecule has 1 amide bonds. The molecule has 134 valence electrons. The molecule has 0 spiro atoms. The minimum Gasteiger partial charge on any atom is -0.478 e. The van der Waals surface area contributed by atoms with Gasteiger partial charge in [0.2, 0.25) is 0 Å². The lowest BCUT2D eigenvalue weighted by atomic mass is 9.95. The van der Waals surface area contributed by atoms with Crippen LogP contribution < -0.4 is 4.74 Å². The fraction of sp³-hybridized carbons (Fsp3) is 0.474. The second-order valence-electron chi connectivity index (χ2n) is 7.03. The largest absolute Gasteiger partial charge is 0.478 e. The van der Waals surface area contributed by atoms with Gasteiger partial charge in [0.05, 0.1) is 0 Å². The first kappa shape index (κ1) is 17.8. The summed E-state index contributed by atoms with van der Waals surface area (Å²) in [4.78, 5) is 14.8. The van der Waals surface area contributed by atoms with Crippen molar-refractivity contribution in [1.82, 2.24) is 14.7 Å². The molecule has 1 aromatic heterocycles. The Bertz CT molecular complexity index is 690. The van der Waals surface area contributed by atoms with E-state index in [0.29, 0.717) is 16.7 Å². The fourth-order valence-corrected chi connectivity index (χ4v) is 3.34. The molecule has 1 fully saturated rings. The lowest BCUT2D eigenvalue weighted by molar-refractivity contribution is -0.147. The minimum atomic E-state index is -0.900. The highest BCUT2D eigenvalue weighted by atomic mass is 35.5. The van der Waals surface area contributed by atoms with E-state index >= 15 is 0 Å². The summed E-state index contributed by atoms with van der Waals surface area (Å²) < 4.78 is 7.89. The number of ether oxygens (including phenoxy) is 1. The molecule has 1 saturated heterocycles. The molecule has 0 N–H and O–H groups in total. The van der Waals surface area contributed by atoms with E-state index in [1.165, 1.54) is 0 Å². The first-order valence-corrected chi connectivity index (χ1v) is 9.03. The molecule has 2 heterocycles. The van der Waals surface area contributed by atoms with Gasteiger partial charge < -0.3 is 9.64 Å². The van der Waals surface area contributed by atoms with Crippen molar-refractivity contribution in [2.24, 2.45) is 5.92 Å². The van der Waals surface area contributed by atoms with Crippen LogP contribution >= 0.6 is 11.6 Å². The van der Waals surface area contributed by atoms with Crippen molar-refractivity contribution in [2.75, 3.05) is 13.1 Å². The third-order valence-electron chi connectivity index (χ3n) is 4.61. The maximum absolute atomic E-state index is 12.9. The topological polar surface area (TPSA) is 47.4 Å². The van der Waals surface area contributed by atoms with Crippen LogP contribution in [0.3, 0.4) is 0 Å². The average molecular weight is 362 g/mol. The molecule has 1 aliphatic rings. The molecule has 1 aromatic carbocycles. The van der Waals surface area contributed by atoms with E-state index in [1.807, 2.05) is 35.7 Å². The molecule has 25 heavy (non-hydrogen) atoms. The van der Waals surface area contributed by atoms with Gasteiger partial charge in [-0.3, -0.25) is 9.48 Å². The molecule has 1 aliphatic heterocycles. The van der Waals surface area contributed by atoms with Gasteiger partial charge in [-0.15, -0.1) is 0 Å². The maximum atomic E-state index is 12.9. The van der Waals surface area contributed by atoms with Gasteiger partial charge in [0, 0.05) is 37.1 Å². The second kappa shape index (κ2) is 7.48.